The maximum Gasteiger partial charge on any atom is 0.260 e. The zero-order chi connectivity index (χ0) is 20.8. The molecule has 1 aromatic carbocycles. The number of carbonyl (C=O) groups is 2. The molecule has 0 saturated heterocycles. The first-order valence-corrected chi connectivity index (χ1v) is 12.1. The number of thiophene rings is 2. The molecule has 152 valence electrons. The van der Waals surface area contributed by atoms with Crippen molar-refractivity contribution in [3.05, 3.63) is 67.3 Å². The summed E-state index contributed by atoms with van der Waals surface area (Å²) in [4.78, 5) is 32.5. The number of hydrogen-bond acceptors (Lipinski definition) is 4. The van der Waals surface area contributed by atoms with E-state index >= 15 is 0 Å². The lowest BCUT2D eigenvalue weighted by molar-refractivity contribution is -0.113. The fraction of sp³-hybridized carbons (Fsp3) is 0.250. The Morgan fingerprint density at radius 1 is 0.733 bits per heavy atom. The Hall–Kier alpha value is -2.70. The van der Waals surface area contributed by atoms with Crippen molar-refractivity contribution in [3.63, 3.8) is 0 Å². The van der Waals surface area contributed by atoms with Crippen molar-refractivity contribution < 1.29 is 9.59 Å². The van der Waals surface area contributed by atoms with E-state index in [-0.39, 0.29) is 11.8 Å². The molecule has 0 bridgehead atoms. The first-order chi connectivity index (χ1) is 14.7. The third kappa shape index (κ3) is 2.78. The minimum atomic E-state index is 0.0593. The summed E-state index contributed by atoms with van der Waals surface area (Å²) in [5.74, 6) is 0.119. The summed E-state index contributed by atoms with van der Waals surface area (Å²) in [5.41, 5.74) is 3.35. The summed E-state index contributed by atoms with van der Waals surface area (Å²) in [6, 6.07) is 12.1. The molecular formula is C24H22N2O2S2. The number of fused-ring (bicyclic) bond motifs is 2. The molecule has 0 saturated carbocycles. The van der Waals surface area contributed by atoms with Gasteiger partial charge in [0.15, 0.2) is 0 Å². The van der Waals surface area contributed by atoms with E-state index in [0.29, 0.717) is 13.1 Å². The van der Waals surface area contributed by atoms with Crippen molar-refractivity contribution in [2.24, 2.45) is 0 Å². The fourth-order valence-electron chi connectivity index (χ4n) is 4.35. The number of nitrogens with zero attached hydrogens (tertiary/aromatic N) is 2. The summed E-state index contributed by atoms with van der Waals surface area (Å²) < 4.78 is 0. The highest BCUT2D eigenvalue weighted by Crippen LogP contribution is 2.32. The summed E-state index contributed by atoms with van der Waals surface area (Å²) in [5, 5.41) is 5.88. The van der Waals surface area contributed by atoms with Crippen LogP contribution in [0, 0.1) is 0 Å². The third-order valence-corrected chi connectivity index (χ3v) is 7.36. The second kappa shape index (κ2) is 7.52. The average Bonchev–Trinajstić information content (AvgIpc) is 3.51. The van der Waals surface area contributed by atoms with Crippen molar-refractivity contribution in [1.29, 1.82) is 0 Å². The topological polar surface area (TPSA) is 40.6 Å². The molecule has 3 aromatic rings. The number of amides is 2. The molecule has 6 heteroatoms. The lowest BCUT2D eigenvalue weighted by atomic mass is 10.1. The predicted octanol–water partition coefficient (Wildman–Crippen LogP) is 3.72. The maximum absolute atomic E-state index is 13.4. The van der Waals surface area contributed by atoms with Crippen LogP contribution in [0.25, 0.3) is 11.1 Å². The SMILES string of the molecule is CCCN1C(=O)C(c2cccs2)=c2cc3c(cc21)=C(c1cccs1)C(=O)N3CCC. The smallest absolute Gasteiger partial charge is 0.260 e. The van der Waals surface area contributed by atoms with Gasteiger partial charge in [0, 0.05) is 33.3 Å². The van der Waals surface area contributed by atoms with Crippen LogP contribution in [0.5, 0.6) is 0 Å². The van der Waals surface area contributed by atoms with Crippen LogP contribution in [0.4, 0.5) is 11.4 Å². The van der Waals surface area contributed by atoms with Gasteiger partial charge < -0.3 is 9.80 Å². The molecule has 0 N–H and O–H groups in total. The van der Waals surface area contributed by atoms with Crippen molar-refractivity contribution in [3.8, 4) is 0 Å². The highest BCUT2D eigenvalue weighted by Gasteiger charge is 2.35. The van der Waals surface area contributed by atoms with E-state index in [1.807, 2.05) is 44.8 Å². The van der Waals surface area contributed by atoms with Gasteiger partial charge in [0.1, 0.15) is 0 Å². The normalized spacial score (nSPS) is 15.4. The molecule has 2 aliphatic heterocycles. The molecule has 30 heavy (non-hydrogen) atoms. The van der Waals surface area contributed by atoms with E-state index < -0.39 is 0 Å². The minimum Gasteiger partial charge on any atom is -0.308 e. The van der Waals surface area contributed by atoms with Crippen molar-refractivity contribution in [2.45, 2.75) is 26.7 Å². The van der Waals surface area contributed by atoms with Crippen LogP contribution in [0.1, 0.15) is 36.4 Å². The molecule has 0 spiro atoms. The highest BCUT2D eigenvalue weighted by atomic mass is 32.1. The Labute approximate surface area is 183 Å². The van der Waals surface area contributed by atoms with Crippen LogP contribution in [-0.4, -0.2) is 24.9 Å². The van der Waals surface area contributed by atoms with Gasteiger partial charge in [-0.3, -0.25) is 9.59 Å². The first-order valence-electron chi connectivity index (χ1n) is 10.3. The van der Waals surface area contributed by atoms with Gasteiger partial charge in [-0.1, -0.05) is 26.0 Å². The maximum atomic E-state index is 13.4. The molecule has 0 aliphatic carbocycles. The Bertz CT molecular complexity index is 1160. The Morgan fingerprint density at radius 2 is 1.17 bits per heavy atom. The van der Waals surface area contributed by atoms with E-state index in [1.54, 1.807) is 22.7 Å². The molecule has 2 aromatic heterocycles. The van der Waals surface area contributed by atoms with Crippen LogP contribution >= 0.6 is 22.7 Å². The Balaban J connectivity index is 1.85. The van der Waals surface area contributed by atoms with E-state index in [0.717, 1.165) is 55.6 Å². The third-order valence-electron chi connectivity index (χ3n) is 5.58. The van der Waals surface area contributed by atoms with Crippen molar-refractivity contribution >= 4 is 57.0 Å². The zero-order valence-corrected chi connectivity index (χ0v) is 18.6. The second-order valence-electron chi connectivity index (χ2n) is 7.50. The molecule has 0 radical (unpaired) electrons. The van der Waals surface area contributed by atoms with Gasteiger partial charge >= 0.3 is 0 Å². The van der Waals surface area contributed by atoms with Gasteiger partial charge in [-0.15, -0.1) is 22.7 Å². The van der Waals surface area contributed by atoms with Gasteiger partial charge in [0.05, 0.1) is 22.5 Å². The highest BCUT2D eigenvalue weighted by molar-refractivity contribution is 7.11. The van der Waals surface area contributed by atoms with E-state index in [1.165, 1.54) is 0 Å². The Morgan fingerprint density at radius 3 is 1.50 bits per heavy atom. The average molecular weight is 435 g/mol. The predicted molar refractivity (Wildman–Crippen MR) is 125 cm³/mol. The first kappa shape index (κ1) is 19.3. The number of hydrogen-bond donors (Lipinski definition) is 0. The molecule has 5 rings (SSSR count). The van der Waals surface area contributed by atoms with Crippen LogP contribution in [0.2, 0.25) is 0 Å². The number of carbonyl (C=O) groups excluding carboxylic acids is 2. The lowest BCUT2D eigenvalue weighted by Gasteiger charge is -2.19. The van der Waals surface area contributed by atoms with Gasteiger partial charge in [-0.2, -0.15) is 0 Å². The monoisotopic (exact) mass is 434 g/mol. The molecule has 0 fully saturated rings. The number of rotatable bonds is 6. The molecule has 4 heterocycles. The summed E-state index contributed by atoms with van der Waals surface area (Å²) in [6.45, 7) is 5.50. The number of benzene rings is 1. The Kier molecular flexibility index (Phi) is 4.83. The van der Waals surface area contributed by atoms with Gasteiger partial charge in [0.25, 0.3) is 11.8 Å². The van der Waals surface area contributed by atoms with Crippen LogP contribution in [0.15, 0.2) is 47.2 Å². The van der Waals surface area contributed by atoms with Gasteiger partial charge in [-0.25, -0.2) is 0 Å². The van der Waals surface area contributed by atoms with Crippen molar-refractivity contribution in [1.82, 2.24) is 0 Å². The summed E-state index contributed by atoms with van der Waals surface area (Å²) in [6.07, 6.45) is 1.75. The molecule has 2 aliphatic rings. The van der Waals surface area contributed by atoms with E-state index in [4.69, 9.17) is 0 Å². The van der Waals surface area contributed by atoms with Crippen molar-refractivity contribution in [2.75, 3.05) is 22.9 Å². The zero-order valence-electron chi connectivity index (χ0n) is 17.0. The standard InChI is InChI=1S/C24H22N2O2S2/c1-3-9-25-17-13-16-18(14-15(17)21(23(25)27)19-7-5-11-29-19)26(10-4-2)24(28)22(16)20-8-6-12-30-20/h5-8,11-14H,3-4,9-10H2,1-2H3. The van der Waals surface area contributed by atoms with E-state index in [2.05, 4.69) is 26.0 Å². The minimum absolute atomic E-state index is 0.0593. The molecule has 0 unspecified atom stereocenters. The molecule has 4 nitrogen and oxygen atoms in total. The van der Waals surface area contributed by atoms with Gasteiger partial charge in [-0.05, 0) is 47.9 Å². The van der Waals surface area contributed by atoms with Gasteiger partial charge in [0.2, 0.25) is 0 Å². The quantitative estimate of drug-likeness (QED) is 0.593. The molecule has 0 atom stereocenters. The van der Waals surface area contributed by atoms with Crippen LogP contribution < -0.4 is 20.2 Å². The molecular weight excluding hydrogens is 412 g/mol. The van der Waals surface area contributed by atoms with Crippen LogP contribution in [0.3, 0.4) is 0 Å². The summed E-state index contributed by atoms with van der Waals surface area (Å²) >= 11 is 3.16. The fourth-order valence-corrected chi connectivity index (χ4v) is 5.90. The van der Waals surface area contributed by atoms with Crippen LogP contribution in [-0.2, 0) is 9.59 Å². The second-order valence-corrected chi connectivity index (χ2v) is 9.40. The van der Waals surface area contributed by atoms with E-state index in [9.17, 15) is 9.59 Å². The summed E-state index contributed by atoms with van der Waals surface area (Å²) in [7, 11) is 0. The molecule has 2 amide bonds. The number of anilines is 2. The lowest BCUT2D eigenvalue weighted by Crippen LogP contribution is -2.30. The largest absolute Gasteiger partial charge is 0.308 e.